The van der Waals surface area contributed by atoms with E-state index in [1.165, 1.54) is 0 Å². The largest absolute Gasteiger partial charge is 0.494 e. The second-order valence-corrected chi connectivity index (χ2v) is 9.86. The fourth-order valence-electron chi connectivity index (χ4n) is 4.27. The van der Waals surface area contributed by atoms with Crippen molar-refractivity contribution < 1.29 is 28.5 Å². The number of carbonyl (C=O) groups excluding carboxylic acids is 1. The fourth-order valence-corrected chi connectivity index (χ4v) is 4.27. The molecule has 1 aliphatic heterocycles. The number of esters is 1. The van der Waals surface area contributed by atoms with Gasteiger partial charge in [0, 0.05) is 11.6 Å². The van der Waals surface area contributed by atoms with Gasteiger partial charge in [0.15, 0.2) is 11.5 Å². The van der Waals surface area contributed by atoms with E-state index in [1.54, 1.807) is 49.6 Å². The highest BCUT2D eigenvalue weighted by atomic mass is 16.5. The summed E-state index contributed by atoms with van der Waals surface area (Å²) < 4.78 is 28.5. The lowest BCUT2D eigenvalue weighted by atomic mass is 9.83. The number of benzene rings is 3. The molecule has 8 heteroatoms. The van der Waals surface area contributed by atoms with Crippen molar-refractivity contribution in [3.63, 3.8) is 0 Å². The van der Waals surface area contributed by atoms with Crippen LogP contribution in [0.25, 0.3) is 0 Å². The molecule has 3 aromatic rings. The zero-order chi connectivity index (χ0) is 28.6. The van der Waals surface area contributed by atoms with Crippen LogP contribution in [0.3, 0.4) is 0 Å². The first-order valence-electron chi connectivity index (χ1n) is 13.3. The summed E-state index contributed by atoms with van der Waals surface area (Å²) in [6.07, 6.45) is 2.01. The highest BCUT2D eigenvalue weighted by molar-refractivity contribution is 5.91. The van der Waals surface area contributed by atoms with E-state index < -0.39 is 11.9 Å². The van der Waals surface area contributed by atoms with Crippen LogP contribution in [-0.4, -0.2) is 26.3 Å². The smallest absolute Gasteiger partial charge is 0.343 e. The van der Waals surface area contributed by atoms with Crippen molar-refractivity contribution in [2.75, 3.05) is 20.3 Å². The number of rotatable bonds is 11. The van der Waals surface area contributed by atoms with Gasteiger partial charge < -0.3 is 29.4 Å². The average Bonchev–Trinajstić information content (AvgIpc) is 2.95. The molecule has 40 heavy (non-hydrogen) atoms. The van der Waals surface area contributed by atoms with E-state index in [9.17, 15) is 10.1 Å². The monoisotopic (exact) mass is 542 g/mol. The quantitative estimate of drug-likeness (QED) is 0.169. The maximum atomic E-state index is 12.8. The number of methoxy groups -OCH3 is 1. The first kappa shape index (κ1) is 28.4. The minimum absolute atomic E-state index is 0.0127. The molecule has 4 rings (SSSR count). The summed E-state index contributed by atoms with van der Waals surface area (Å²) in [5.41, 5.74) is 8.32. The number of nitrogens with two attached hydrogens (primary N) is 1. The Morgan fingerprint density at radius 2 is 1.77 bits per heavy atom. The predicted octanol–water partition coefficient (Wildman–Crippen LogP) is 6.35. The van der Waals surface area contributed by atoms with Crippen LogP contribution in [0.1, 0.15) is 61.0 Å². The normalized spacial score (nSPS) is 14.2. The molecule has 0 bridgehead atoms. The molecule has 0 amide bonds. The zero-order valence-electron chi connectivity index (χ0n) is 23.2. The van der Waals surface area contributed by atoms with Gasteiger partial charge in [-0.2, -0.15) is 5.26 Å². The van der Waals surface area contributed by atoms with E-state index in [0.29, 0.717) is 53.3 Å². The summed E-state index contributed by atoms with van der Waals surface area (Å²) in [4.78, 5) is 12.8. The lowest BCUT2D eigenvalue weighted by Crippen LogP contribution is -2.21. The molecule has 3 aromatic carbocycles. The Labute approximate surface area is 234 Å². The molecular weight excluding hydrogens is 508 g/mol. The van der Waals surface area contributed by atoms with Gasteiger partial charge in [-0.05, 0) is 60.4 Å². The molecule has 1 aliphatic rings. The molecule has 1 heterocycles. The van der Waals surface area contributed by atoms with Gasteiger partial charge in [-0.15, -0.1) is 0 Å². The van der Waals surface area contributed by atoms with Gasteiger partial charge in [0.05, 0.1) is 31.8 Å². The number of nitriles is 1. The van der Waals surface area contributed by atoms with Crippen LogP contribution < -0.4 is 29.4 Å². The van der Waals surface area contributed by atoms with Crippen LogP contribution in [0.2, 0.25) is 0 Å². The Morgan fingerprint density at radius 3 is 2.45 bits per heavy atom. The van der Waals surface area contributed by atoms with Gasteiger partial charge in [0.2, 0.25) is 5.88 Å². The second-order valence-electron chi connectivity index (χ2n) is 9.86. The Balaban J connectivity index is 1.57. The first-order valence-corrected chi connectivity index (χ1v) is 13.3. The average molecular weight is 543 g/mol. The fraction of sp³-hybridized carbons (Fsp3) is 0.312. The summed E-state index contributed by atoms with van der Waals surface area (Å²) in [6, 6.07) is 19.6. The number of carbonyl (C=O) groups is 1. The van der Waals surface area contributed by atoms with E-state index in [1.807, 2.05) is 18.2 Å². The molecule has 0 fully saturated rings. The molecule has 8 nitrogen and oxygen atoms in total. The summed E-state index contributed by atoms with van der Waals surface area (Å²) >= 11 is 0. The Bertz CT molecular complexity index is 1420. The van der Waals surface area contributed by atoms with Crippen molar-refractivity contribution >= 4 is 5.97 Å². The van der Waals surface area contributed by atoms with Crippen molar-refractivity contribution in [1.82, 2.24) is 0 Å². The number of allylic oxidation sites excluding steroid dienone is 1. The molecule has 0 aliphatic carbocycles. The molecule has 0 radical (unpaired) electrons. The van der Waals surface area contributed by atoms with E-state index in [2.05, 4.69) is 26.8 Å². The van der Waals surface area contributed by atoms with Gasteiger partial charge in [-0.3, -0.25) is 0 Å². The third-order valence-corrected chi connectivity index (χ3v) is 6.35. The van der Waals surface area contributed by atoms with Gasteiger partial charge in [0.25, 0.3) is 0 Å². The van der Waals surface area contributed by atoms with Crippen molar-refractivity contribution in [1.29, 1.82) is 5.26 Å². The molecule has 0 spiro atoms. The van der Waals surface area contributed by atoms with E-state index in [0.717, 1.165) is 18.4 Å². The minimum atomic E-state index is -0.518. The Morgan fingerprint density at radius 1 is 1.02 bits per heavy atom. The maximum Gasteiger partial charge on any atom is 0.343 e. The van der Waals surface area contributed by atoms with Gasteiger partial charge in [-0.25, -0.2) is 4.79 Å². The lowest BCUT2D eigenvalue weighted by molar-refractivity contribution is 0.0734. The zero-order valence-corrected chi connectivity index (χ0v) is 23.2. The molecule has 1 atom stereocenters. The van der Waals surface area contributed by atoms with Crippen LogP contribution in [-0.2, 0) is 0 Å². The number of hydrogen-bond donors (Lipinski definition) is 1. The summed E-state index contributed by atoms with van der Waals surface area (Å²) in [5.74, 6) is 1.86. The number of fused-ring (bicyclic) bond motifs is 1. The Hall–Kier alpha value is -4.64. The third-order valence-electron chi connectivity index (χ3n) is 6.35. The van der Waals surface area contributed by atoms with Gasteiger partial charge >= 0.3 is 5.97 Å². The van der Waals surface area contributed by atoms with Crippen LogP contribution in [0.15, 0.2) is 72.1 Å². The molecule has 0 saturated heterocycles. The van der Waals surface area contributed by atoms with Crippen LogP contribution >= 0.6 is 0 Å². The van der Waals surface area contributed by atoms with Crippen molar-refractivity contribution in [2.24, 2.45) is 11.7 Å². The number of hydrogen-bond acceptors (Lipinski definition) is 8. The number of nitrogens with zero attached hydrogens (tertiary/aromatic N) is 1. The minimum Gasteiger partial charge on any atom is -0.494 e. The third kappa shape index (κ3) is 6.49. The SMILES string of the molecule is CCCCOc1ccc(C(=O)Oc2ccc3c(c2)OC(N)=C(C#N)C3c2ccc(OCC(C)C)c(OC)c2)cc1. The van der Waals surface area contributed by atoms with E-state index in [-0.39, 0.29) is 17.2 Å². The first-order chi connectivity index (χ1) is 19.3. The standard InChI is InChI=1S/C32H34N2O6/c1-5-6-15-37-23-10-7-21(8-11-23)32(35)39-24-12-13-25-28(17-24)40-31(34)26(18-33)30(25)22-9-14-27(29(16-22)36-4)38-19-20(2)3/h7-14,16-17,20,30H,5-6,15,19,34H2,1-4H3. The second kappa shape index (κ2) is 12.9. The molecular formula is C32H34N2O6. The number of unbranched alkanes of at least 4 members (excludes halogenated alkanes) is 1. The van der Waals surface area contributed by atoms with E-state index in [4.69, 9.17) is 29.4 Å². The lowest BCUT2D eigenvalue weighted by Gasteiger charge is -2.27. The van der Waals surface area contributed by atoms with Crippen molar-refractivity contribution in [2.45, 2.75) is 39.5 Å². The van der Waals surface area contributed by atoms with Crippen molar-refractivity contribution in [3.05, 3.63) is 88.8 Å². The number of ether oxygens (including phenoxy) is 5. The summed E-state index contributed by atoms with van der Waals surface area (Å²) in [5, 5.41) is 9.92. The molecule has 2 N–H and O–H groups in total. The molecule has 208 valence electrons. The highest BCUT2D eigenvalue weighted by Gasteiger charge is 2.32. The van der Waals surface area contributed by atoms with Gasteiger partial charge in [-0.1, -0.05) is 39.3 Å². The molecule has 0 saturated carbocycles. The van der Waals surface area contributed by atoms with Crippen LogP contribution in [0, 0.1) is 17.2 Å². The summed E-state index contributed by atoms with van der Waals surface area (Å²) in [6.45, 7) is 7.41. The van der Waals surface area contributed by atoms with Crippen LogP contribution in [0.5, 0.6) is 28.7 Å². The molecule has 1 unspecified atom stereocenters. The van der Waals surface area contributed by atoms with Crippen LogP contribution in [0.4, 0.5) is 0 Å². The van der Waals surface area contributed by atoms with Crippen molar-refractivity contribution in [3.8, 4) is 34.8 Å². The summed E-state index contributed by atoms with van der Waals surface area (Å²) in [7, 11) is 1.57. The topological polar surface area (TPSA) is 113 Å². The van der Waals surface area contributed by atoms with Gasteiger partial charge in [0.1, 0.15) is 28.9 Å². The van der Waals surface area contributed by atoms with E-state index >= 15 is 0 Å². The predicted molar refractivity (Wildman–Crippen MR) is 151 cm³/mol. The highest BCUT2D eigenvalue weighted by Crippen LogP contribution is 2.45. The Kier molecular flexibility index (Phi) is 9.18. The maximum absolute atomic E-state index is 12.8. The molecule has 0 aromatic heterocycles.